The lowest BCUT2D eigenvalue weighted by Crippen LogP contribution is -2.22. The Kier molecular flexibility index (Phi) is 6.93. The molecule has 27 heavy (non-hydrogen) atoms. The van der Waals surface area contributed by atoms with Crippen LogP contribution >= 0.6 is 0 Å². The van der Waals surface area contributed by atoms with E-state index in [2.05, 4.69) is 27.2 Å². The van der Waals surface area contributed by atoms with E-state index in [9.17, 15) is 5.11 Å². The van der Waals surface area contributed by atoms with Crippen LogP contribution in [0.2, 0.25) is 0 Å². The lowest BCUT2D eigenvalue weighted by atomic mass is 10.1. The summed E-state index contributed by atoms with van der Waals surface area (Å²) in [5.74, 6) is 1.24. The number of benzene rings is 1. The van der Waals surface area contributed by atoms with Gasteiger partial charge >= 0.3 is 0 Å². The van der Waals surface area contributed by atoms with E-state index < -0.39 is 0 Å². The van der Waals surface area contributed by atoms with E-state index in [1.54, 1.807) is 6.20 Å². The molecule has 0 saturated carbocycles. The molecule has 6 heteroatoms. The Morgan fingerprint density at radius 2 is 2.04 bits per heavy atom. The summed E-state index contributed by atoms with van der Waals surface area (Å²) in [6.45, 7) is 2.64. The topological polar surface area (TPSA) is 80.2 Å². The van der Waals surface area contributed by atoms with Crippen molar-refractivity contribution in [2.45, 2.75) is 45.3 Å². The summed E-state index contributed by atoms with van der Waals surface area (Å²) in [6, 6.07) is 12.2. The first-order chi connectivity index (χ1) is 13.3. The van der Waals surface area contributed by atoms with Gasteiger partial charge in [0.05, 0.1) is 17.4 Å². The number of aliphatic hydroxyl groups is 1. The molecule has 1 aromatic carbocycles. The molecule has 0 spiro atoms. The number of unbranched alkanes of at least 4 members (excludes halogenated alkanes) is 1. The van der Waals surface area contributed by atoms with Gasteiger partial charge in [-0.25, -0.2) is 15.0 Å². The molecule has 2 heterocycles. The van der Waals surface area contributed by atoms with Crippen molar-refractivity contribution in [3.05, 3.63) is 54.6 Å². The van der Waals surface area contributed by atoms with Gasteiger partial charge in [0.25, 0.3) is 0 Å². The van der Waals surface area contributed by atoms with Crippen LogP contribution in [0.3, 0.4) is 0 Å². The van der Waals surface area contributed by atoms with Crippen molar-refractivity contribution in [2.75, 3.05) is 11.9 Å². The van der Waals surface area contributed by atoms with Gasteiger partial charge in [-0.05, 0) is 25.0 Å². The van der Waals surface area contributed by atoms with Gasteiger partial charge in [0.2, 0.25) is 0 Å². The molecule has 0 aliphatic rings. The minimum absolute atomic E-state index is 0.143. The van der Waals surface area contributed by atoms with Crippen LogP contribution in [0, 0.1) is 0 Å². The zero-order chi connectivity index (χ0) is 18.9. The van der Waals surface area contributed by atoms with Crippen LogP contribution < -0.4 is 10.1 Å². The number of aliphatic hydroxyl groups excluding tert-OH is 1. The van der Waals surface area contributed by atoms with Crippen LogP contribution in [0.5, 0.6) is 5.75 Å². The van der Waals surface area contributed by atoms with E-state index in [0.29, 0.717) is 24.6 Å². The monoisotopic (exact) mass is 366 g/mol. The first kappa shape index (κ1) is 19.0. The van der Waals surface area contributed by atoms with Crippen LogP contribution in [-0.2, 0) is 6.61 Å². The van der Waals surface area contributed by atoms with E-state index in [0.717, 1.165) is 35.9 Å². The van der Waals surface area contributed by atoms with Gasteiger partial charge < -0.3 is 15.2 Å². The molecule has 2 N–H and O–H groups in total. The lowest BCUT2D eigenvalue weighted by Gasteiger charge is -2.19. The summed E-state index contributed by atoms with van der Waals surface area (Å²) >= 11 is 0. The number of fused-ring (bicyclic) bond motifs is 1. The number of anilines is 1. The van der Waals surface area contributed by atoms with Crippen molar-refractivity contribution >= 4 is 16.7 Å². The largest absolute Gasteiger partial charge is 0.482 e. The van der Waals surface area contributed by atoms with E-state index in [1.807, 2.05) is 36.4 Å². The van der Waals surface area contributed by atoms with Crippen LogP contribution in [0.25, 0.3) is 10.9 Å². The molecule has 1 atom stereocenters. The number of ether oxygens (including phenoxy) is 1. The van der Waals surface area contributed by atoms with Crippen LogP contribution in [0.4, 0.5) is 5.82 Å². The highest BCUT2D eigenvalue weighted by molar-refractivity contribution is 5.78. The highest BCUT2D eigenvalue weighted by Crippen LogP contribution is 2.23. The number of nitrogens with one attached hydrogen (secondary N) is 1. The van der Waals surface area contributed by atoms with Crippen molar-refractivity contribution in [3.8, 4) is 5.75 Å². The fourth-order valence-corrected chi connectivity index (χ4v) is 2.96. The predicted molar refractivity (Wildman–Crippen MR) is 107 cm³/mol. The van der Waals surface area contributed by atoms with Gasteiger partial charge in [0.1, 0.15) is 12.9 Å². The Labute approximate surface area is 159 Å². The zero-order valence-corrected chi connectivity index (χ0v) is 15.6. The van der Waals surface area contributed by atoms with Crippen molar-refractivity contribution in [1.82, 2.24) is 15.0 Å². The number of para-hydroxylation sites is 1. The van der Waals surface area contributed by atoms with Crippen molar-refractivity contribution in [1.29, 1.82) is 0 Å². The van der Waals surface area contributed by atoms with E-state index >= 15 is 0 Å². The minimum Gasteiger partial charge on any atom is -0.482 e. The second kappa shape index (κ2) is 9.83. The van der Waals surface area contributed by atoms with Crippen molar-refractivity contribution in [2.24, 2.45) is 0 Å². The Morgan fingerprint density at radius 3 is 2.89 bits per heavy atom. The highest BCUT2D eigenvalue weighted by Gasteiger charge is 2.13. The van der Waals surface area contributed by atoms with Crippen LogP contribution in [0.15, 0.2) is 48.9 Å². The summed E-state index contributed by atoms with van der Waals surface area (Å²) in [4.78, 5) is 13.0. The summed E-state index contributed by atoms with van der Waals surface area (Å²) in [7, 11) is 0. The molecule has 0 radical (unpaired) electrons. The second-order valence-corrected chi connectivity index (χ2v) is 6.52. The molecule has 0 unspecified atom stereocenters. The van der Waals surface area contributed by atoms with E-state index in [-0.39, 0.29) is 12.6 Å². The number of nitrogens with zero attached hydrogens (tertiary/aromatic N) is 3. The third kappa shape index (κ3) is 5.37. The number of rotatable bonds is 10. The maximum atomic E-state index is 9.31. The first-order valence-corrected chi connectivity index (χ1v) is 9.45. The van der Waals surface area contributed by atoms with Crippen molar-refractivity contribution in [3.63, 3.8) is 0 Å². The fraction of sp³-hybridized carbons (Fsp3) is 0.381. The van der Waals surface area contributed by atoms with Gasteiger partial charge in [-0.1, -0.05) is 44.0 Å². The van der Waals surface area contributed by atoms with E-state index in [4.69, 9.17) is 4.74 Å². The molecule has 0 aliphatic carbocycles. The second-order valence-electron chi connectivity index (χ2n) is 6.52. The van der Waals surface area contributed by atoms with Crippen LogP contribution in [-0.4, -0.2) is 32.7 Å². The third-order valence-corrected chi connectivity index (χ3v) is 4.43. The average molecular weight is 366 g/mol. The maximum absolute atomic E-state index is 9.31. The molecular weight excluding hydrogens is 340 g/mol. The smallest absolute Gasteiger partial charge is 0.180 e. The normalized spacial score (nSPS) is 12.1. The quantitative estimate of drug-likeness (QED) is 0.565. The summed E-state index contributed by atoms with van der Waals surface area (Å²) in [6.07, 6.45) is 7.03. The molecule has 6 nitrogen and oxygen atoms in total. The Bertz CT molecular complexity index is 856. The number of pyridine rings is 1. The third-order valence-electron chi connectivity index (χ3n) is 4.43. The summed E-state index contributed by atoms with van der Waals surface area (Å²) < 4.78 is 5.94. The van der Waals surface area contributed by atoms with Crippen LogP contribution in [0.1, 0.15) is 38.3 Å². The molecule has 0 fully saturated rings. The SMILES string of the molecule is CCCC[C@@H](CCO)Nc1ncncc1OCc1ccc2ccccc2n1. The molecule has 3 rings (SSSR count). The average Bonchev–Trinajstić information content (AvgIpc) is 2.71. The Balaban J connectivity index is 1.69. The first-order valence-electron chi connectivity index (χ1n) is 9.45. The fourth-order valence-electron chi connectivity index (χ4n) is 2.96. The van der Waals surface area contributed by atoms with Crippen molar-refractivity contribution < 1.29 is 9.84 Å². The number of hydrogen-bond acceptors (Lipinski definition) is 6. The lowest BCUT2D eigenvalue weighted by molar-refractivity contribution is 0.275. The molecule has 3 aromatic rings. The van der Waals surface area contributed by atoms with Gasteiger partial charge in [-0.3, -0.25) is 0 Å². The molecule has 0 bridgehead atoms. The van der Waals surface area contributed by atoms with Gasteiger partial charge in [-0.2, -0.15) is 0 Å². The minimum atomic E-state index is 0.143. The molecule has 0 amide bonds. The number of aromatic nitrogens is 3. The molecule has 142 valence electrons. The molecule has 2 aromatic heterocycles. The maximum Gasteiger partial charge on any atom is 0.180 e. The van der Waals surface area contributed by atoms with E-state index in [1.165, 1.54) is 6.33 Å². The zero-order valence-electron chi connectivity index (χ0n) is 15.6. The molecule has 0 aliphatic heterocycles. The van der Waals surface area contributed by atoms with Gasteiger partial charge in [0.15, 0.2) is 11.6 Å². The predicted octanol–water partition coefficient (Wildman–Crippen LogP) is 3.96. The molecule has 0 saturated heterocycles. The number of hydrogen-bond donors (Lipinski definition) is 2. The standard InChI is InChI=1S/C21H26N4O2/c1-2-3-7-17(11-12-26)25-21-20(13-22-15-23-21)27-14-18-10-9-16-6-4-5-8-19(16)24-18/h4-6,8-10,13,15,17,26H,2-3,7,11-12,14H2,1H3,(H,22,23,25)/t17-/m0/s1. The van der Waals surface area contributed by atoms with Gasteiger partial charge in [-0.15, -0.1) is 0 Å². The Hall–Kier alpha value is -2.73. The van der Waals surface area contributed by atoms with Gasteiger partial charge in [0, 0.05) is 18.0 Å². The summed E-state index contributed by atoms with van der Waals surface area (Å²) in [5, 5.41) is 13.8. The summed E-state index contributed by atoms with van der Waals surface area (Å²) in [5.41, 5.74) is 1.80. The Morgan fingerprint density at radius 1 is 1.15 bits per heavy atom. The molecular formula is C21H26N4O2. The highest BCUT2D eigenvalue weighted by atomic mass is 16.5.